The molecule has 3 fully saturated rings. The summed E-state index contributed by atoms with van der Waals surface area (Å²) in [7, 11) is -2.97. The number of carbonyl (C=O) groups excluding carboxylic acids is 1. The molecule has 25 heavy (non-hydrogen) atoms. The normalized spacial score (nSPS) is 32.2. The van der Waals surface area contributed by atoms with Gasteiger partial charge in [-0.25, -0.2) is 8.42 Å². The average Bonchev–Trinajstić information content (AvgIpc) is 3.36. The van der Waals surface area contributed by atoms with Crippen LogP contribution in [-0.4, -0.2) is 67.3 Å². The summed E-state index contributed by atoms with van der Waals surface area (Å²) in [6, 6.07) is 0.911. The minimum atomic E-state index is -2.97. The van der Waals surface area contributed by atoms with Gasteiger partial charge in [0.2, 0.25) is 5.91 Å². The van der Waals surface area contributed by atoms with Crippen LogP contribution in [0.4, 0.5) is 0 Å². The molecule has 6 heteroatoms. The highest BCUT2D eigenvalue weighted by molar-refractivity contribution is 7.91. The monoisotopic (exact) mass is 370 g/mol. The topological polar surface area (TPSA) is 57.7 Å². The molecule has 1 heterocycles. The summed E-state index contributed by atoms with van der Waals surface area (Å²) in [4.78, 5) is 17.4. The van der Waals surface area contributed by atoms with E-state index in [4.69, 9.17) is 0 Å². The van der Waals surface area contributed by atoms with Crippen LogP contribution in [-0.2, 0) is 14.6 Å². The summed E-state index contributed by atoms with van der Waals surface area (Å²) < 4.78 is 23.6. The quantitative estimate of drug-likeness (QED) is 0.746. The van der Waals surface area contributed by atoms with Crippen molar-refractivity contribution < 1.29 is 13.2 Å². The van der Waals surface area contributed by atoms with Gasteiger partial charge in [0, 0.05) is 18.3 Å². The zero-order chi connectivity index (χ0) is 18.0. The Balaban J connectivity index is 1.56. The lowest BCUT2D eigenvalue weighted by Gasteiger charge is -2.37. The molecule has 0 N–H and O–H groups in total. The van der Waals surface area contributed by atoms with Gasteiger partial charge in [-0.2, -0.15) is 0 Å². The van der Waals surface area contributed by atoms with E-state index in [1.54, 1.807) is 0 Å². The molecule has 0 aromatic heterocycles. The number of likely N-dealkylation sites (tertiary alicyclic amines) is 1. The smallest absolute Gasteiger partial charge is 0.237 e. The van der Waals surface area contributed by atoms with E-state index < -0.39 is 9.84 Å². The van der Waals surface area contributed by atoms with Crippen LogP contribution in [0.5, 0.6) is 0 Å². The Labute approximate surface area is 153 Å². The Hall–Kier alpha value is -0.620. The molecule has 1 unspecified atom stereocenters. The van der Waals surface area contributed by atoms with Crippen molar-refractivity contribution in [2.75, 3.05) is 25.9 Å². The Kier molecular flexibility index (Phi) is 6.09. The van der Waals surface area contributed by atoms with Crippen LogP contribution in [0, 0.1) is 5.92 Å². The standard InChI is InChI=1S/C19H34N2O3S/c1-15-5-7-16(8-6-15)21(17-9-10-17)19(22)14-20-12-3-4-18(11-13-20)25(2,23)24/h15-18H,3-14H2,1-2H3. The second-order valence-corrected chi connectivity index (χ2v) is 10.9. The molecule has 2 aliphatic carbocycles. The molecule has 0 aromatic carbocycles. The highest BCUT2D eigenvalue weighted by Gasteiger charge is 2.39. The van der Waals surface area contributed by atoms with Crippen LogP contribution in [0.2, 0.25) is 0 Å². The molecule has 1 atom stereocenters. The molecule has 0 spiro atoms. The van der Waals surface area contributed by atoms with Crippen molar-refractivity contribution in [3.63, 3.8) is 0 Å². The Bertz CT molecular complexity index is 565. The first-order chi connectivity index (χ1) is 11.8. The van der Waals surface area contributed by atoms with Crippen LogP contribution < -0.4 is 0 Å². The van der Waals surface area contributed by atoms with E-state index in [1.165, 1.54) is 19.1 Å². The van der Waals surface area contributed by atoms with Gasteiger partial charge in [-0.3, -0.25) is 9.69 Å². The van der Waals surface area contributed by atoms with E-state index in [2.05, 4.69) is 16.7 Å². The maximum atomic E-state index is 13.0. The van der Waals surface area contributed by atoms with Gasteiger partial charge in [-0.1, -0.05) is 6.92 Å². The Morgan fingerprint density at radius 2 is 1.56 bits per heavy atom. The number of rotatable bonds is 5. The number of hydrogen-bond donors (Lipinski definition) is 0. The number of carbonyl (C=O) groups is 1. The molecule has 5 nitrogen and oxygen atoms in total. The van der Waals surface area contributed by atoms with Crippen molar-refractivity contribution in [3.8, 4) is 0 Å². The molecule has 2 saturated carbocycles. The Morgan fingerprint density at radius 1 is 0.960 bits per heavy atom. The predicted octanol–water partition coefficient (Wildman–Crippen LogP) is 2.46. The number of amides is 1. The third-order valence-corrected chi connectivity index (χ3v) is 8.02. The van der Waals surface area contributed by atoms with Gasteiger partial charge in [0.15, 0.2) is 0 Å². The van der Waals surface area contributed by atoms with Gasteiger partial charge in [0.25, 0.3) is 0 Å². The van der Waals surface area contributed by atoms with E-state index >= 15 is 0 Å². The summed E-state index contributed by atoms with van der Waals surface area (Å²) in [5.74, 6) is 1.07. The fraction of sp³-hybridized carbons (Fsp3) is 0.947. The van der Waals surface area contributed by atoms with Crippen molar-refractivity contribution in [3.05, 3.63) is 0 Å². The first kappa shape index (κ1) is 19.2. The van der Waals surface area contributed by atoms with Crippen molar-refractivity contribution in [2.45, 2.75) is 82.0 Å². The minimum Gasteiger partial charge on any atom is -0.336 e. The van der Waals surface area contributed by atoms with Gasteiger partial charge >= 0.3 is 0 Å². The molecule has 1 amide bonds. The van der Waals surface area contributed by atoms with E-state index in [0.717, 1.165) is 57.5 Å². The zero-order valence-corrected chi connectivity index (χ0v) is 16.6. The lowest BCUT2D eigenvalue weighted by molar-refractivity contribution is -0.136. The van der Waals surface area contributed by atoms with Gasteiger partial charge < -0.3 is 4.90 Å². The molecule has 144 valence electrons. The minimum absolute atomic E-state index is 0.230. The molecule has 0 radical (unpaired) electrons. The number of hydrogen-bond acceptors (Lipinski definition) is 4. The van der Waals surface area contributed by atoms with Crippen molar-refractivity contribution in [1.29, 1.82) is 0 Å². The molecule has 0 bridgehead atoms. The number of nitrogens with zero attached hydrogens (tertiary/aromatic N) is 2. The summed E-state index contributed by atoms with van der Waals surface area (Å²) in [5, 5.41) is -0.230. The maximum absolute atomic E-state index is 13.0. The summed E-state index contributed by atoms with van der Waals surface area (Å²) in [6.45, 7) is 4.36. The molecular formula is C19H34N2O3S. The molecule has 1 saturated heterocycles. The van der Waals surface area contributed by atoms with Crippen molar-refractivity contribution in [1.82, 2.24) is 9.80 Å². The first-order valence-electron chi connectivity index (χ1n) is 10.1. The zero-order valence-electron chi connectivity index (χ0n) is 15.8. The average molecular weight is 371 g/mol. The Morgan fingerprint density at radius 3 is 2.12 bits per heavy atom. The van der Waals surface area contributed by atoms with E-state index in [1.807, 2.05) is 0 Å². The lowest BCUT2D eigenvalue weighted by Crippen LogP contribution is -2.48. The molecule has 3 aliphatic rings. The van der Waals surface area contributed by atoms with Crippen LogP contribution in [0.25, 0.3) is 0 Å². The summed E-state index contributed by atoms with van der Waals surface area (Å²) >= 11 is 0. The molecule has 3 rings (SSSR count). The molecule has 1 aliphatic heterocycles. The lowest BCUT2D eigenvalue weighted by atomic mass is 9.86. The largest absolute Gasteiger partial charge is 0.336 e. The first-order valence-corrected chi connectivity index (χ1v) is 12.0. The predicted molar refractivity (Wildman–Crippen MR) is 100 cm³/mol. The van der Waals surface area contributed by atoms with Crippen molar-refractivity contribution >= 4 is 15.7 Å². The van der Waals surface area contributed by atoms with Gasteiger partial charge in [0.05, 0.1) is 11.8 Å². The summed E-state index contributed by atoms with van der Waals surface area (Å²) in [5.41, 5.74) is 0. The van der Waals surface area contributed by atoms with Crippen LogP contribution in [0.1, 0.15) is 64.7 Å². The van der Waals surface area contributed by atoms with E-state index in [0.29, 0.717) is 25.0 Å². The van der Waals surface area contributed by atoms with Crippen LogP contribution >= 0.6 is 0 Å². The maximum Gasteiger partial charge on any atom is 0.237 e. The van der Waals surface area contributed by atoms with Crippen molar-refractivity contribution in [2.24, 2.45) is 5.92 Å². The second-order valence-electron chi connectivity index (χ2n) is 8.60. The van der Waals surface area contributed by atoms with E-state index in [9.17, 15) is 13.2 Å². The summed E-state index contributed by atoms with van der Waals surface area (Å²) in [6.07, 6.45) is 10.7. The fourth-order valence-corrected chi connectivity index (χ4v) is 5.69. The number of sulfone groups is 1. The highest BCUT2D eigenvalue weighted by Crippen LogP contribution is 2.35. The fourth-order valence-electron chi connectivity index (χ4n) is 4.56. The van der Waals surface area contributed by atoms with Crippen LogP contribution in [0.3, 0.4) is 0 Å². The van der Waals surface area contributed by atoms with Gasteiger partial charge in [0.1, 0.15) is 9.84 Å². The van der Waals surface area contributed by atoms with Gasteiger partial charge in [-0.05, 0) is 76.8 Å². The van der Waals surface area contributed by atoms with Crippen LogP contribution in [0.15, 0.2) is 0 Å². The second kappa shape index (κ2) is 7.95. The van der Waals surface area contributed by atoms with Gasteiger partial charge in [-0.15, -0.1) is 0 Å². The molecular weight excluding hydrogens is 336 g/mol. The third-order valence-electron chi connectivity index (χ3n) is 6.34. The SMILES string of the molecule is CC1CCC(N(C(=O)CN2CCCC(S(C)(=O)=O)CC2)C2CC2)CC1. The highest BCUT2D eigenvalue weighted by atomic mass is 32.2. The third kappa shape index (κ3) is 5.19. The molecule has 0 aromatic rings. The van der Waals surface area contributed by atoms with E-state index in [-0.39, 0.29) is 11.2 Å².